The lowest BCUT2D eigenvalue weighted by atomic mass is 10.3. The van der Waals surface area contributed by atoms with Gasteiger partial charge in [-0.05, 0) is 37.6 Å². The third kappa shape index (κ3) is 3.48. The quantitative estimate of drug-likeness (QED) is 0.784. The number of aryl methyl sites for hydroxylation is 1. The summed E-state index contributed by atoms with van der Waals surface area (Å²) in [6.45, 7) is 7.44. The molecule has 0 aliphatic heterocycles. The molecule has 104 valence electrons. The van der Waals surface area contributed by atoms with E-state index in [0.29, 0.717) is 0 Å². The topological polar surface area (TPSA) is 29.9 Å². The molecule has 0 spiro atoms. The zero-order valence-electron chi connectivity index (χ0n) is 11.7. The summed E-state index contributed by atoms with van der Waals surface area (Å²) in [5.41, 5.74) is 2.20. The molecule has 0 unspecified atom stereocenters. The molecule has 1 N–H and O–H groups in total. The first-order valence-electron chi connectivity index (χ1n) is 7.11. The van der Waals surface area contributed by atoms with E-state index in [1.807, 2.05) is 12.1 Å². The van der Waals surface area contributed by atoms with Crippen molar-refractivity contribution in [1.29, 1.82) is 0 Å². The highest BCUT2D eigenvalue weighted by Gasteiger charge is 2.10. The number of fused-ring (bicyclic) bond motifs is 1. The summed E-state index contributed by atoms with van der Waals surface area (Å²) < 4.78 is 2.32. The average Bonchev–Trinajstić information content (AvgIpc) is 2.73. The van der Waals surface area contributed by atoms with Crippen molar-refractivity contribution in [2.24, 2.45) is 0 Å². The number of hydrogen-bond donors (Lipinski definition) is 1. The highest BCUT2D eigenvalue weighted by molar-refractivity contribution is 6.31. The van der Waals surface area contributed by atoms with Gasteiger partial charge in [-0.1, -0.05) is 25.4 Å². The van der Waals surface area contributed by atoms with Crippen LogP contribution in [0, 0.1) is 0 Å². The van der Waals surface area contributed by atoms with Gasteiger partial charge in [-0.25, -0.2) is 4.98 Å². The molecule has 0 aliphatic carbocycles. The van der Waals surface area contributed by atoms with Crippen LogP contribution in [0.4, 0.5) is 0 Å². The molecule has 0 saturated heterocycles. The lowest BCUT2D eigenvalue weighted by Crippen LogP contribution is -2.19. The molecular formula is C15H22ClN3. The lowest BCUT2D eigenvalue weighted by Gasteiger charge is -2.08. The average molecular weight is 280 g/mol. The highest BCUT2D eigenvalue weighted by atomic mass is 35.5. The summed E-state index contributed by atoms with van der Waals surface area (Å²) in [7, 11) is 0. The number of imidazole rings is 1. The van der Waals surface area contributed by atoms with Gasteiger partial charge in [0.15, 0.2) is 0 Å². The van der Waals surface area contributed by atoms with E-state index in [1.54, 1.807) is 0 Å². The van der Waals surface area contributed by atoms with Crippen LogP contribution in [0.3, 0.4) is 0 Å². The second-order valence-corrected chi connectivity index (χ2v) is 5.25. The molecule has 3 nitrogen and oxygen atoms in total. The summed E-state index contributed by atoms with van der Waals surface area (Å²) in [4.78, 5) is 4.73. The number of aromatic nitrogens is 2. The number of halogens is 1. The molecule has 0 saturated carbocycles. The predicted octanol–water partition coefficient (Wildman–Crippen LogP) is 3.64. The maximum atomic E-state index is 6.04. The summed E-state index contributed by atoms with van der Waals surface area (Å²) in [5, 5.41) is 4.18. The van der Waals surface area contributed by atoms with Crippen LogP contribution < -0.4 is 5.32 Å². The van der Waals surface area contributed by atoms with E-state index >= 15 is 0 Å². The van der Waals surface area contributed by atoms with Gasteiger partial charge in [-0.15, -0.1) is 0 Å². The molecule has 1 aromatic carbocycles. The van der Waals surface area contributed by atoms with Gasteiger partial charge in [0, 0.05) is 24.5 Å². The fourth-order valence-corrected chi connectivity index (χ4v) is 2.49. The smallest absolute Gasteiger partial charge is 0.111 e. The van der Waals surface area contributed by atoms with Gasteiger partial charge in [0.2, 0.25) is 0 Å². The summed E-state index contributed by atoms with van der Waals surface area (Å²) in [6.07, 6.45) is 3.25. The molecule has 0 radical (unpaired) electrons. The molecule has 0 fully saturated rings. The number of nitrogens with zero attached hydrogens (tertiary/aromatic N) is 2. The van der Waals surface area contributed by atoms with E-state index in [2.05, 4.69) is 29.8 Å². The molecule has 0 aliphatic rings. The summed E-state index contributed by atoms with van der Waals surface area (Å²) in [5.74, 6) is 1.16. The number of nitrogens with one attached hydrogen (secondary N) is 1. The zero-order chi connectivity index (χ0) is 13.7. The van der Waals surface area contributed by atoms with Crippen LogP contribution in [0.15, 0.2) is 18.2 Å². The Kier molecular flexibility index (Phi) is 5.23. The Hall–Kier alpha value is -1.06. The van der Waals surface area contributed by atoms with Crippen LogP contribution in [0.5, 0.6) is 0 Å². The Bertz CT molecular complexity index is 533. The Morgan fingerprint density at radius 1 is 1.21 bits per heavy atom. The second kappa shape index (κ2) is 6.92. The molecule has 1 heterocycles. The van der Waals surface area contributed by atoms with Crippen molar-refractivity contribution in [2.75, 3.05) is 13.1 Å². The zero-order valence-corrected chi connectivity index (χ0v) is 12.5. The van der Waals surface area contributed by atoms with Gasteiger partial charge < -0.3 is 9.88 Å². The van der Waals surface area contributed by atoms with Crippen LogP contribution in [0.25, 0.3) is 11.0 Å². The third-order valence-corrected chi connectivity index (χ3v) is 3.42. The van der Waals surface area contributed by atoms with Crippen molar-refractivity contribution >= 4 is 22.6 Å². The van der Waals surface area contributed by atoms with E-state index in [-0.39, 0.29) is 0 Å². The van der Waals surface area contributed by atoms with Crippen molar-refractivity contribution in [1.82, 2.24) is 14.9 Å². The molecule has 2 rings (SSSR count). The Labute approximate surface area is 120 Å². The first-order valence-corrected chi connectivity index (χ1v) is 7.49. The van der Waals surface area contributed by atoms with Crippen LogP contribution in [-0.2, 0) is 13.0 Å². The number of hydrogen-bond acceptors (Lipinski definition) is 2. The Balaban J connectivity index is 2.22. The molecular weight excluding hydrogens is 258 g/mol. The highest BCUT2D eigenvalue weighted by Crippen LogP contribution is 2.21. The summed E-state index contributed by atoms with van der Waals surface area (Å²) in [6, 6.07) is 5.96. The predicted molar refractivity (Wildman–Crippen MR) is 81.9 cm³/mol. The van der Waals surface area contributed by atoms with Crippen molar-refractivity contribution in [3.8, 4) is 0 Å². The molecule has 0 atom stereocenters. The van der Waals surface area contributed by atoms with E-state index in [1.165, 1.54) is 11.9 Å². The van der Waals surface area contributed by atoms with Gasteiger partial charge in [-0.2, -0.15) is 0 Å². The third-order valence-electron chi connectivity index (χ3n) is 3.19. The number of benzene rings is 1. The minimum absolute atomic E-state index is 0.754. The Morgan fingerprint density at radius 2 is 2.05 bits per heavy atom. The molecule has 2 aromatic rings. The Morgan fingerprint density at radius 3 is 2.79 bits per heavy atom. The molecule has 1 aromatic heterocycles. The first kappa shape index (κ1) is 14.4. The fourth-order valence-electron chi connectivity index (χ4n) is 2.32. The molecule has 0 amide bonds. The van der Waals surface area contributed by atoms with E-state index in [9.17, 15) is 0 Å². The van der Waals surface area contributed by atoms with Crippen LogP contribution in [0.1, 0.15) is 32.5 Å². The van der Waals surface area contributed by atoms with Gasteiger partial charge >= 0.3 is 0 Å². The van der Waals surface area contributed by atoms with E-state index in [0.717, 1.165) is 48.8 Å². The maximum Gasteiger partial charge on any atom is 0.111 e. The largest absolute Gasteiger partial charge is 0.328 e. The van der Waals surface area contributed by atoms with Crippen molar-refractivity contribution in [2.45, 2.75) is 39.7 Å². The number of rotatable bonds is 7. The monoisotopic (exact) mass is 279 g/mol. The van der Waals surface area contributed by atoms with E-state index in [4.69, 9.17) is 16.6 Å². The first-order chi connectivity index (χ1) is 9.26. The van der Waals surface area contributed by atoms with Gasteiger partial charge in [-0.3, -0.25) is 0 Å². The molecule has 0 bridgehead atoms. The SMILES string of the molecule is CCCNCCc1nc2cc(Cl)ccc2n1CCC. The lowest BCUT2D eigenvalue weighted by molar-refractivity contribution is 0.613. The maximum absolute atomic E-state index is 6.04. The minimum Gasteiger partial charge on any atom is -0.328 e. The van der Waals surface area contributed by atoms with E-state index < -0.39 is 0 Å². The molecule has 4 heteroatoms. The normalized spacial score (nSPS) is 11.3. The van der Waals surface area contributed by atoms with Gasteiger partial charge in [0.05, 0.1) is 11.0 Å². The summed E-state index contributed by atoms with van der Waals surface area (Å²) >= 11 is 6.04. The fraction of sp³-hybridized carbons (Fsp3) is 0.533. The van der Waals surface area contributed by atoms with Crippen LogP contribution >= 0.6 is 11.6 Å². The van der Waals surface area contributed by atoms with Crippen molar-refractivity contribution in [3.63, 3.8) is 0 Å². The van der Waals surface area contributed by atoms with Gasteiger partial charge in [0.1, 0.15) is 5.82 Å². The van der Waals surface area contributed by atoms with Crippen LogP contribution in [-0.4, -0.2) is 22.6 Å². The minimum atomic E-state index is 0.754. The van der Waals surface area contributed by atoms with Gasteiger partial charge in [0.25, 0.3) is 0 Å². The standard InChI is InChI=1S/C15H22ClN3/c1-3-8-17-9-7-15-18-13-11-12(16)5-6-14(13)19(15)10-4-2/h5-6,11,17H,3-4,7-10H2,1-2H3. The molecule has 19 heavy (non-hydrogen) atoms. The van der Waals surface area contributed by atoms with Crippen LogP contribution in [0.2, 0.25) is 5.02 Å². The second-order valence-electron chi connectivity index (χ2n) is 4.81. The van der Waals surface area contributed by atoms with Crippen molar-refractivity contribution < 1.29 is 0 Å². The van der Waals surface area contributed by atoms with Crippen molar-refractivity contribution in [3.05, 3.63) is 29.0 Å².